The molecular formula is C15H15Cl2N3O2. The summed E-state index contributed by atoms with van der Waals surface area (Å²) in [5, 5.41) is 12.1. The molecule has 22 heavy (non-hydrogen) atoms. The maximum atomic E-state index is 12.5. The van der Waals surface area contributed by atoms with E-state index >= 15 is 0 Å². The molecule has 1 heterocycles. The Kier molecular flexibility index (Phi) is 5.64. The minimum absolute atomic E-state index is 0.000247. The van der Waals surface area contributed by atoms with E-state index in [0.29, 0.717) is 41.5 Å². The molecule has 1 aromatic rings. The third kappa shape index (κ3) is 4.12. The molecule has 0 bridgehead atoms. The first kappa shape index (κ1) is 16.6. The highest BCUT2D eigenvalue weighted by atomic mass is 35.5. The number of carbonyl (C=O) groups is 2. The second-order valence-electron chi connectivity index (χ2n) is 5.09. The van der Waals surface area contributed by atoms with Gasteiger partial charge in [-0.15, -0.1) is 0 Å². The van der Waals surface area contributed by atoms with Crippen LogP contribution < -0.4 is 5.32 Å². The number of nitrogens with zero attached hydrogens (tertiary/aromatic N) is 2. The van der Waals surface area contributed by atoms with Gasteiger partial charge < -0.3 is 10.2 Å². The number of benzene rings is 1. The highest BCUT2D eigenvalue weighted by Crippen LogP contribution is 2.23. The van der Waals surface area contributed by atoms with E-state index < -0.39 is 0 Å². The Hall–Kier alpha value is -1.77. The lowest BCUT2D eigenvalue weighted by Crippen LogP contribution is -2.46. The van der Waals surface area contributed by atoms with Crippen LogP contribution in [-0.4, -0.2) is 35.8 Å². The van der Waals surface area contributed by atoms with Crippen molar-refractivity contribution >= 4 is 35.0 Å². The lowest BCUT2D eigenvalue weighted by atomic mass is 10.0. The zero-order chi connectivity index (χ0) is 16.1. The third-order valence-electron chi connectivity index (χ3n) is 3.55. The summed E-state index contributed by atoms with van der Waals surface area (Å²) in [5.41, 5.74) is 0.390. The van der Waals surface area contributed by atoms with Gasteiger partial charge in [-0.3, -0.25) is 9.59 Å². The second-order valence-corrected chi connectivity index (χ2v) is 5.94. The largest absolute Gasteiger partial charge is 0.352 e. The summed E-state index contributed by atoms with van der Waals surface area (Å²) < 4.78 is 0. The quantitative estimate of drug-likeness (QED) is 0.919. The van der Waals surface area contributed by atoms with E-state index in [0.717, 1.165) is 0 Å². The number of carbonyl (C=O) groups excluding carboxylic acids is 2. The van der Waals surface area contributed by atoms with Gasteiger partial charge in [-0.2, -0.15) is 5.26 Å². The SMILES string of the molecule is N#CCC(=O)NC1CCN(C(=O)c2cc(Cl)ccc2Cl)CC1. The maximum absolute atomic E-state index is 12.5. The van der Waals surface area contributed by atoms with Gasteiger partial charge >= 0.3 is 0 Å². The van der Waals surface area contributed by atoms with Gasteiger partial charge in [0.15, 0.2) is 0 Å². The van der Waals surface area contributed by atoms with Gasteiger partial charge in [0.25, 0.3) is 5.91 Å². The van der Waals surface area contributed by atoms with Crippen LogP contribution in [0.25, 0.3) is 0 Å². The molecule has 1 N–H and O–H groups in total. The fourth-order valence-electron chi connectivity index (χ4n) is 2.41. The Morgan fingerprint density at radius 1 is 1.32 bits per heavy atom. The maximum Gasteiger partial charge on any atom is 0.255 e. The summed E-state index contributed by atoms with van der Waals surface area (Å²) in [5.74, 6) is -0.431. The Labute approximate surface area is 138 Å². The minimum atomic E-state index is -0.273. The van der Waals surface area contributed by atoms with Gasteiger partial charge in [0.2, 0.25) is 5.91 Å². The number of hydrogen-bond donors (Lipinski definition) is 1. The van der Waals surface area contributed by atoms with Crippen molar-refractivity contribution < 1.29 is 9.59 Å². The van der Waals surface area contributed by atoms with Crippen LogP contribution in [0, 0.1) is 11.3 Å². The van der Waals surface area contributed by atoms with Gasteiger partial charge in [-0.25, -0.2) is 0 Å². The highest BCUT2D eigenvalue weighted by Gasteiger charge is 2.25. The number of amides is 2. The molecule has 0 radical (unpaired) electrons. The Bertz CT molecular complexity index is 620. The van der Waals surface area contributed by atoms with E-state index in [1.807, 2.05) is 6.07 Å². The summed E-state index contributed by atoms with van der Waals surface area (Å²) in [6.45, 7) is 1.05. The molecule has 2 amide bonds. The van der Waals surface area contributed by atoms with Gasteiger partial charge in [-0.05, 0) is 31.0 Å². The molecule has 0 spiro atoms. The molecule has 1 aromatic carbocycles. The van der Waals surface area contributed by atoms with E-state index in [2.05, 4.69) is 5.32 Å². The number of likely N-dealkylation sites (tertiary alicyclic amines) is 1. The number of nitriles is 1. The van der Waals surface area contributed by atoms with E-state index in [1.165, 1.54) is 0 Å². The molecular weight excluding hydrogens is 325 g/mol. The fraction of sp³-hybridized carbons (Fsp3) is 0.400. The van der Waals surface area contributed by atoms with Crippen LogP contribution in [-0.2, 0) is 4.79 Å². The Morgan fingerprint density at radius 2 is 2.00 bits per heavy atom. The van der Waals surface area contributed by atoms with Crippen LogP contribution in [0.3, 0.4) is 0 Å². The molecule has 0 atom stereocenters. The van der Waals surface area contributed by atoms with Crippen LogP contribution >= 0.6 is 23.2 Å². The average Bonchev–Trinajstić information content (AvgIpc) is 2.50. The number of piperidine rings is 1. The summed E-state index contributed by atoms with van der Waals surface area (Å²) in [6.07, 6.45) is 1.17. The topological polar surface area (TPSA) is 73.2 Å². The van der Waals surface area contributed by atoms with Crippen LogP contribution in [0.1, 0.15) is 29.6 Å². The lowest BCUT2D eigenvalue weighted by Gasteiger charge is -2.32. The molecule has 1 aliphatic rings. The fourth-order valence-corrected chi connectivity index (χ4v) is 2.78. The molecule has 116 valence electrons. The van der Waals surface area contributed by atoms with Gasteiger partial charge in [0, 0.05) is 24.2 Å². The first-order valence-electron chi connectivity index (χ1n) is 6.92. The number of rotatable bonds is 3. The highest BCUT2D eigenvalue weighted by molar-refractivity contribution is 6.35. The molecule has 0 saturated carbocycles. The normalized spacial score (nSPS) is 15.2. The van der Waals surface area contributed by atoms with Crippen LogP contribution in [0.15, 0.2) is 18.2 Å². The zero-order valence-electron chi connectivity index (χ0n) is 11.8. The molecule has 2 rings (SSSR count). The molecule has 7 heteroatoms. The monoisotopic (exact) mass is 339 g/mol. The van der Waals surface area contributed by atoms with Crippen molar-refractivity contribution in [1.29, 1.82) is 5.26 Å². The first-order chi connectivity index (χ1) is 10.5. The predicted molar refractivity (Wildman–Crippen MR) is 83.8 cm³/mol. The third-order valence-corrected chi connectivity index (χ3v) is 4.11. The number of hydrogen-bond acceptors (Lipinski definition) is 3. The zero-order valence-corrected chi connectivity index (χ0v) is 13.3. The molecule has 1 fully saturated rings. The molecule has 0 unspecified atom stereocenters. The molecule has 1 saturated heterocycles. The second kappa shape index (κ2) is 7.48. The standard InChI is InChI=1S/C15H15Cl2N3O2/c16-10-1-2-13(17)12(9-10)15(22)20-7-4-11(5-8-20)19-14(21)3-6-18/h1-2,9,11H,3-5,7-8H2,(H,19,21). The van der Waals surface area contributed by atoms with E-state index in [9.17, 15) is 9.59 Å². The Morgan fingerprint density at radius 3 is 2.64 bits per heavy atom. The van der Waals surface area contributed by atoms with Gasteiger partial charge in [0.1, 0.15) is 6.42 Å². The van der Waals surface area contributed by atoms with Crippen LogP contribution in [0.2, 0.25) is 10.0 Å². The summed E-state index contributed by atoms with van der Waals surface area (Å²) in [7, 11) is 0. The van der Waals surface area contributed by atoms with E-state index in [4.69, 9.17) is 28.5 Å². The van der Waals surface area contributed by atoms with Crippen molar-refractivity contribution in [3.05, 3.63) is 33.8 Å². The molecule has 5 nitrogen and oxygen atoms in total. The smallest absolute Gasteiger partial charge is 0.255 e. The molecule has 0 aliphatic carbocycles. The summed E-state index contributed by atoms with van der Waals surface area (Å²) in [4.78, 5) is 25.5. The van der Waals surface area contributed by atoms with E-state index in [1.54, 1.807) is 23.1 Å². The van der Waals surface area contributed by atoms with Crippen molar-refractivity contribution in [2.45, 2.75) is 25.3 Å². The van der Waals surface area contributed by atoms with Crippen LogP contribution in [0.5, 0.6) is 0 Å². The van der Waals surface area contributed by atoms with Crippen molar-refractivity contribution in [2.24, 2.45) is 0 Å². The van der Waals surface area contributed by atoms with Crippen molar-refractivity contribution in [1.82, 2.24) is 10.2 Å². The first-order valence-corrected chi connectivity index (χ1v) is 7.67. The summed E-state index contributed by atoms with van der Waals surface area (Å²) >= 11 is 12.0. The van der Waals surface area contributed by atoms with Gasteiger partial charge in [-0.1, -0.05) is 23.2 Å². The number of halogens is 2. The van der Waals surface area contributed by atoms with Crippen LogP contribution in [0.4, 0.5) is 0 Å². The molecule has 1 aliphatic heterocycles. The number of nitrogens with one attached hydrogen (secondary N) is 1. The predicted octanol–water partition coefficient (Wildman–Crippen LogP) is 2.63. The van der Waals surface area contributed by atoms with Gasteiger partial charge in [0.05, 0.1) is 16.7 Å². The lowest BCUT2D eigenvalue weighted by molar-refractivity contribution is -0.121. The summed E-state index contributed by atoms with van der Waals surface area (Å²) in [6, 6.07) is 6.62. The van der Waals surface area contributed by atoms with Crippen molar-refractivity contribution in [3.63, 3.8) is 0 Å². The van der Waals surface area contributed by atoms with Crippen molar-refractivity contribution in [3.8, 4) is 6.07 Å². The molecule has 0 aromatic heterocycles. The van der Waals surface area contributed by atoms with E-state index in [-0.39, 0.29) is 24.3 Å². The Balaban J connectivity index is 1.94. The van der Waals surface area contributed by atoms with Crippen molar-refractivity contribution in [2.75, 3.05) is 13.1 Å². The average molecular weight is 340 g/mol. The minimum Gasteiger partial charge on any atom is -0.352 e.